The van der Waals surface area contributed by atoms with E-state index in [0.717, 1.165) is 23.5 Å². The average Bonchev–Trinajstić information content (AvgIpc) is 3.20. The third-order valence-corrected chi connectivity index (χ3v) is 5.54. The quantitative estimate of drug-likeness (QED) is 0.439. The van der Waals surface area contributed by atoms with E-state index in [1.165, 1.54) is 0 Å². The van der Waals surface area contributed by atoms with Crippen molar-refractivity contribution >= 4 is 23.4 Å². The van der Waals surface area contributed by atoms with Gasteiger partial charge in [-0.05, 0) is 69.2 Å². The summed E-state index contributed by atoms with van der Waals surface area (Å²) < 4.78 is 5.71. The maximum atomic E-state index is 13.3. The van der Waals surface area contributed by atoms with Crippen LogP contribution in [0.15, 0.2) is 71.1 Å². The van der Waals surface area contributed by atoms with E-state index in [9.17, 15) is 9.59 Å². The van der Waals surface area contributed by atoms with Gasteiger partial charge in [-0.15, -0.1) is 0 Å². The van der Waals surface area contributed by atoms with Gasteiger partial charge in [0.25, 0.3) is 5.91 Å². The molecule has 2 amide bonds. The largest absolute Gasteiger partial charge is 0.464 e. The van der Waals surface area contributed by atoms with E-state index in [1.807, 2.05) is 63.2 Å². The smallest absolute Gasteiger partial charge is 0.254 e. The number of nitrogens with zero attached hydrogens (tertiary/aromatic N) is 2. The Bertz CT molecular complexity index is 1030. The third kappa shape index (κ3) is 6.47. The molecular formula is C26H29ClN2O3. The van der Waals surface area contributed by atoms with Crippen molar-refractivity contribution in [2.45, 2.75) is 39.8 Å². The molecule has 0 unspecified atom stereocenters. The second-order valence-electron chi connectivity index (χ2n) is 8.10. The number of halogens is 1. The Morgan fingerprint density at radius 1 is 0.969 bits per heavy atom. The lowest BCUT2D eigenvalue weighted by Crippen LogP contribution is -2.46. The van der Waals surface area contributed by atoms with E-state index in [4.69, 9.17) is 16.0 Å². The summed E-state index contributed by atoms with van der Waals surface area (Å²) in [5.41, 5.74) is 1.66. The summed E-state index contributed by atoms with van der Waals surface area (Å²) in [7, 11) is 0. The standard InChI is InChI=1S/C26H29ClN2O3/c1-19(2)29(26(31)22-10-12-23(27)13-11-22)18-25(30)28(17-24-14-9-20(3)32-24)16-15-21-7-5-4-6-8-21/h4-14,19H,15-18H2,1-3H3. The molecule has 5 nitrogen and oxygen atoms in total. The van der Waals surface area contributed by atoms with Gasteiger partial charge < -0.3 is 14.2 Å². The lowest BCUT2D eigenvalue weighted by molar-refractivity contribution is -0.133. The molecule has 0 saturated carbocycles. The first-order valence-electron chi connectivity index (χ1n) is 10.8. The zero-order valence-corrected chi connectivity index (χ0v) is 19.5. The molecular weight excluding hydrogens is 424 g/mol. The van der Waals surface area contributed by atoms with Crippen molar-refractivity contribution in [3.63, 3.8) is 0 Å². The predicted octanol–water partition coefficient (Wildman–Crippen LogP) is 5.36. The number of rotatable bonds is 9. The number of furan rings is 1. The van der Waals surface area contributed by atoms with Crippen molar-refractivity contribution < 1.29 is 14.0 Å². The first kappa shape index (κ1) is 23.6. The normalized spacial score (nSPS) is 10.9. The van der Waals surface area contributed by atoms with Gasteiger partial charge in [-0.2, -0.15) is 0 Å². The Kier molecular flexibility index (Phi) is 8.12. The first-order valence-corrected chi connectivity index (χ1v) is 11.1. The minimum Gasteiger partial charge on any atom is -0.464 e. The zero-order chi connectivity index (χ0) is 23.1. The maximum absolute atomic E-state index is 13.3. The Hall–Kier alpha value is -3.05. The lowest BCUT2D eigenvalue weighted by atomic mass is 10.1. The molecule has 3 aromatic rings. The van der Waals surface area contributed by atoms with E-state index in [1.54, 1.807) is 34.1 Å². The van der Waals surface area contributed by atoms with Gasteiger partial charge in [-0.3, -0.25) is 9.59 Å². The molecule has 2 aromatic carbocycles. The van der Waals surface area contributed by atoms with E-state index in [2.05, 4.69) is 0 Å². The lowest BCUT2D eigenvalue weighted by Gasteiger charge is -2.30. The van der Waals surface area contributed by atoms with Gasteiger partial charge in [-0.25, -0.2) is 0 Å². The Labute approximate surface area is 194 Å². The molecule has 0 aliphatic heterocycles. The van der Waals surface area contributed by atoms with Gasteiger partial charge in [0.05, 0.1) is 6.54 Å². The van der Waals surface area contributed by atoms with Crippen LogP contribution in [-0.4, -0.2) is 40.7 Å². The summed E-state index contributed by atoms with van der Waals surface area (Å²) >= 11 is 5.95. The SMILES string of the molecule is Cc1ccc(CN(CCc2ccccc2)C(=O)CN(C(=O)c2ccc(Cl)cc2)C(C)C)o1. The second-order valence-corrected chi connectivity index (χ2v) is 8.53. The number of hydrogen-bond acceptors (Lipinski definition) is 3. The fourth-order valence-electron chi connectivity index (χ4n) is 3.45. The van der Waals surface area contributed by atoms with Crippen molar-refractivity contribution in [3.8, 4) is 0 Å². The fourth-order valence-corrected chi connectivity index (χ4v) is 3.58. The highest BCUT2D eigenvalue weighted by atomic mass is 35.5. The molecule has 1 aromatic heterocycles. The van der Waals surface area contributed by atoms with Gasteiger partial charge in [-0.1, -0.05) is 41.9 Å². The molecule has 0 bridgehead atoms. The Morgan fingerprint density at radius 3 is 2.25 bits per heavy atom. The van der Waals surface area contributed by atoms with Crippen molar-refractivity contribution in [3.05, 3.63) is 94.4 Å². The summed E-state index contributed by atoms with van der Waals surface area (Å²) in [6.45, 7) is 6.58. The highest BCUT2D eigenvalue weighted by molar-refractivity contribution is 6.30. The molecule has 0 N–H and O–H groups in total. The van der Waals surface area contributed by atoms with Gasteiger partial charge >= 0.3 is 0 Å². The molecule has 0 atom stereocenters. The zero-order valence-electron chi connectivity index (χ0n) is 18.8. The van der Waals surface area contributed by atoms with Crippen molar-refractivity contribution in [1.29, 1.82) is 0 Å². The van der Waals surface area contributed by atoms with Gasteiger partial charge in [0.2, 0.25) is 5.91 Å². The third-order valence-electron chi connectivity index (χ3n) is 5.29. The predicted molar refractivity (Wildman–Crippen MR) is 127 cm³/mol. The van der Waals surface area contributed by atoms with Crippen LogP contribution in [-0.2, 0) is 17.8 Å². The number of hydrogen-bond donors (Lipinski definition) is 0. The van der Waals surface area contributed by atoms with E-state index in [-0.39, 0.29) is 24.4 Å². The van der Waals surface area contributed by atoms with Gasteiger partial charge in [0, 0.05) is 23.2 Å². The molecule has 32 heavy (non-hydrogen) atoms. The van der Waals surface area contributed by atoms with Crippen LogP contribution in [0.2, 0.25) is 5.02 Å². The van der Waals surface area contributed by atoms with Crippen LogP contribution in [0.4, 0.5) is 0 Å². The van der Waals surface area contributed by atoms with Gasteiger partial charge in [0.15, 0.2) is 0 Å². The Balaban J connectivity index is 1.76. The van der Waals surface area contributed by atoms with Crippen LogP contribution in [0.5, 0.6) is 0 Å². The van der Waals surface area contributed by atoms with Crippen molar-refractivity contribution in [1.82, 2.24) is 9.80 Å². The number of benzene rings is 2. The summed E-state index contributed by atoms with van der Waals surface area (Å²) in [4.78, 5) is 29.8. The fraction of sp³-hybridized carbons (Fsp3) is 0.308. The number of aryl methyl sites for hydroxylation is 1. The molecule has 6 heteroatoms. The molecule has 1 heterocycles. The highest BCUT2D eigenvalue weighted by Gasteiger charge is 2.25. The number of carbonyl (C=O) groups is 2. The molecule has 168 valence electrons. The molecule has 0 aliphatic rings. The van der Waals surface area contributed by atoms with Crippen LogP contribution in [0.1, 0.15) is 41.3 Å². The Morgan fingerprint density at radius 2 is 1.66 bits per heavy atom. The summed E-state index contributed by atoms with van der Waals surface area (Å²) in [5, 5.41) is 0.564. The van der Waals surface area contributed by atoms with E-state index >= 15 is 0 Å². The van der Waals surface area contributed by atoms with Gasteiger partial charge in [0.1, 0.15) is 18.1 Å². The average molecular weight is 453 g/mol. The van der Waals surface area contributed by atoms with Crippen LogP contribution < -0.4 is 0 Å². The molecule has 0 saturated heterocycles. The highest BCUT2D eigenvalue weighted by Crippen LogP contribution is 2.15. The summed E-state index contributed by atoms with van der Waals surface area (Å²) in [6.07, 6.45) is 0.721. The molecule has 0 radical (unpaired) electrons. The van der Waals surface area contributed by atoms with E-state index < -0.39 is 0 Å². The summed E-state index contributed by atoms with van der Waals surface area (Å²) in [6, 6.07) is 20.4. The second kappa shape index (κ2) is 11.0. The molecule has 0 spiro atoms. The van der Waals surface area contributed by atoms with Crippen LogP contribution in [0, 0.1) is 6.92 Å². The number of amides is 2. The molecule has 0 fully saturated rings. The topological polar surface area (TPSA) is 53.8 Å². The molecule has 0 aliphatic carbocycles. The van der Waals surface area contributed by atoms with E-state index in [0.29, 0.717) is 23.7 Å². The monoisotopic (exact) mass is 452 g/mol. The molecule has 3 rings (SSSR count). The van der Waals surface area contributed by atoms with Crippen molar-refractivity contribution in [2.75, 3.05) is 13.1 Å². The minimum absolute atomic E-state index is 0.00634. The number of carbonyl (C=O) groups excluding carboxylic acids is 2. The van der Waals surface area contributed by atoms with Crippen molar-refractivity contribution in [2.24, 2.45) is 0 Å². The summed E-state index contributed by atoms with van der Waals surface area (Å²) in [5.74, 6) is 1.22. The van der Waals surface area contributed by atoms with Crippen LogP contribution >= 0.6 is 11.6 Å². The van der Waals surface area contributed by atoms with Crippen LogP contribution in [0.25, 0.3) is 0 Å². The van der Waals surface area contributed by atoms with Crippen LogP contribution in [0.3, 0.4) is 0 Å². The minimum atomic E-state index is -0.193. The maximum Gasteiger partial charge on any atom is 0.254 e. The first-order chi connectivity index (χ1) is 15.3.